The molecule has 1 aliphatic carbocycles. The third-order valence-corrected chi connectivity index (χ3v) is 5.76. The summed E-state index contributed by atoms with van der Waals surface area (Å²) in [5, 5.41) is 12.0. The van der Waals surface area contributed by atoms with Crippen molar-refractivity contribution in [3.8, 4) is 11.1 Å². The lowest BCUT2D eigenvalue weighted by atomic mass is 9.77. The molecule has 2 aromatic carbocycles. The molecule has 0 atom stereocenters. The van der Waals surface area contributed by atoms with Crippen molar-refractivity contribution >= 4 is 17.6 Å². The summed E-state index contributed by atoms with van der Waals surface area (Å²) in [6, 6.07) is 14.6. The molecule has 1 aliphatic rings. The van der Waals surface area contributed by atoms with Gasteiger partial charge in [-0.25, -0.2) is 14.4 Å². The number of aromatic nitrogens is 2. The highest BCUT2D eigenvalue weighted by Crippen LogP contribution is 2.37. The molecule has 5 nitrogen and oxygen atoms in total. The molecular formula is C24H24FN3O2. The average Bonchev–Trinajstić information content (AvgIpc) is 2.75. The van der Waals surface area contributed by atoms with Gasteiger partial charge in [-0.3, -0.25) is 4.79 Å². The molecule has 154 valence electrons. The summed E-state index contributed by atoms with van der Waals surface area (Å²) in [7, 11) is 0. The zero-order chi connectivity index (χ0) is 20.9. The van der Waals surface area contributed by atoms with Crippen LogP contribution in [0.25, 0.3) is 11.1 Å². The van der Waals surface area contributed by atoms with E-state index in [4.69, 9.17) is 5.11 Å². The molecule has 1 aromatic heterocycles. The molecule has 0 unspecified atom stereocenters. The predicted octanol–water partition coefficient (Wildman–Crippen LogP) is 5.77. The summed E-state index contributed by atoms with van der Waals surface area (Å²) in [6.07, 6.45) is 7.83. The second-order valence-electron chi connectivity index (χ2n) is 7.87. The summed E-state index contributed by atoms with van der Waals surface area (Å²) in [4.78, 5) is 19.6. The lowest BCUT2D eigenvalue weighted by molar-refractivity contribution is -0.138. The fourth-order valence-electron chi connectivity index (χ4n) is 4.13. The number of nitrogens with zero attached hydrogens (tertiary/aromatic N) is 2. The molecule has 2 N–H and O–H groups in total. The monoisotopic (exact) mass is 405 g/mol. The highest BCUT2D eigenvalue weighted by molar-refractivity contribution is 5.67. The van der Waals surface area contributed by atoms with Gasteiger partial charge < -0.3 is 10.4 Å². The topological polar surface area (TPSA) is 75.1 Å². The van der Waals surface area contributed by atoms with Crippen LogP contribution in [-0.2, 0) is 4.79 Å². The lowest BCUT2D eigenvalue weighted by Gasteiger charge is -2.28. The van der Waals surface area contributed by atoms with Crippen LogP contribution in [0.1, 0.15) is 43.6 Å². The summed E-state index contributed by atoms with van der Waals surface area (Å²) in [5.41, 5.74) is 3.86. The van der Waals surface area contributed by atoms with Crippen LogP contribution in [0.2, 0.25) is 0 Å². The third kappa shape index (κ3) is 5.00. The first-order chi connectivity index (χ1) is 14.6. The van der Waals surface area contributed by atoms with Crippen LogP contribution in [0, 0.1) is 11.7 Å². The van der Waals surface area contributed by atoms with Crippen LogP contribution in [0.5, 0.6) is 0 Å². The fourth-order valence-corrected chi connectivity index (χ4v) is 4.13. The molecule has 4 rings (SSSR count). The van der Waals surface area contributed by atoms with Crippen molar-refractivity contribution in [3.05, 3.63) is 72.3 Å². The van der Waals surface area contributed by atoms with Gasteiger partial charge in [0, 0.05) is 30.1 Å². The smallest absolute Gasteiger partial charge is 0.303 e. The summed E-state index contributed by atoms with van der Waals surface area (Å²) < 4.78 is 13.3. The van der Waals surface area contributed by atoms with E-state index in [1.165, 1.54) is 17.7 Å². The Labute approximate surface area is 175 Å². The zero-order valence-electron chi connectivity index (χ0n) is 16.6. The number of hydrogen-bond acceptors (Lipinski definition) is 4. The Bertz CT molecular complexity index is 998. The number of aliphatic carboxylic acids is 1. The molecule has 1 saturated carbocycles. The standard InChI is InChI=1S/C24H24FN3O2/c25-21-2-1-3-22(13-21)28-24-26-14-20(15-27-24)19-10-8-18(9-11-19)17-6-4-16(5-7-17)12-23(29)30/h1-3,8-11,13-17H,4-7,12H2,(H,29,30)(H,26,27,28). The van der Waals surface area contributed by atoms with Crippen LogP contribution in [0.15, 0.2) is 60.9 Å². The molecule has 1 heterocycles. The Morgan fingerprint density at radius 1 is 1.00 bits per heavy atom. The molecule has 0 aliphatic heterocycles. The molecule has 6 heteroatoms. The van der Waals surface area contributed by atoms with Crippen LogP contribution in [-0.4, -0.2) is 21.0 Å². The van der Waals surface area contributed by atoms with Crippen molar-refractivity contribution in [1.29, 1.82) is 0 Å². The van der Waals surface area contributed by atoms with Crippen molar-refractivity contribution in [2.45, 2.75) is 38.0 Å². The fraction of sp³-hybridized carbons (Fsp3) is 0.292. The Morgan fingerprint density at radius 3 is 2.33 bits per heavy atom. The largest absolute Gasteiger partial charge is 0.481 e. The molecule has 0 radical (unpaired) electrons. The highest BCUT2D eigenvalue weighted by Gasteiger charge is 2.23. The number of rotatable bonds is 6. The number of nitrogens with one attached hydrogen (secondary N) is 1. The van der Waals surface area contributed by atoms with Crippen LogP contribution in [0.3, 0.4) is 0 Å². The Hall–Kier alpha value is -3.28. The number of carbonyl (C=O) groups is 1. The second kappa shape index (κ2) is 9.03. The number of benzene rings is 2. The predicted molar refractivity (Wildman–Crippen MR) is 114 cm³/mol. The first-order valence-electron chi connectivity index (χ1n) is 10.2. The van der Waals surface area contributed by atoms with E-state index in [1.807, 2.05) is 0 Å². The molecule has 0 amide bonds. The lowest BCUT2D eigenvalue weighted by Crippen LogP contribution is -2.16. The van der Waals surface area contributed by atoms with Gasteiger partial charge in [0.25, 0.3) is 0 Å². The first-order valence-corrected chi connectivity index (χ1v) is 10.2. The number of carboxylic acid groups (broad SMARTS) is 1. The second-order valence-corrected chi connectivity index (χ2v) is 7.87. The molecule has 30 heavy (non-hydrogen) atoms. The zero-order valence-corrected chi connectivity index (χ0v) is 16.6. The van der Waals surface area contributed by atoms with Gasteiger partial charge in [0.1, 0.15) is 5.82 Å². The van der Waals surface area contributed by atoms with Crippen molar-refractivity contribution < 1.29 is 14.3 Å². The molecule has 0 saturated heterocycles. The van der Waals surface area contributed by atoms with Gasteiger partial charge in [-0.05, 0) is 66.8 Å². The van der Waals surface area contributed by atoms with Gasteiger partial charge in [-0.2, -0.15) is 0 Å². The van der Waals surface area contributed by atoms with E-state index in [2.05, 4.69) is 39.6 Å². The maximum Gasteiger partial charge on any atom is 0.303 e. The summed E-state index contributed by atoms with van der Waals surface area (Å²) in [5.74, 6) is 0.223. The van der Waals surface area contributed by atoms with E-state index in [1.54, 1.807) is 24.5 Å². The molecule has 0 bridgehead atoms. The first kappa shape index (κ1) is 20.0. The summed E-state index contributed by atoms with van der Waals surface area (Å²) >= 11 is 0. The van der Waals surface area contributed by atoms with E-state index in [9.17, 15) is 9.18 Å². The van der Waals surface area contributed by atoms with Gasteiger partial charge in [-0.15, -0.1) is 0 Å². The normalized spacial score (nSPS) is 18.7. The molecule has 0 spiro atoms. The van der Waals surface area contributed by atoms with Gasteiger partial charge >= 0.3 is 5.97 Å². The Kier molecular flexibility index (Phi) is 6.02. The van der Waals surface area contributed by atoms with E-state index in [0.717, 1.165) is 36.8 Å². The van der Waals surface area contributed by atoms with E-state index >= 15 is 0 Å². The molecular weight excluding hydrogens is 381 g/mol. The van der Waals surface area contributed by atoms with Crippen molar-refractivity contribution in [1.82, 2.24) is 9.97 Å². The van der Waals surface area contributed by atoms with Crippen molar-refractivity contribution in [2.24, 2.45) is 5.92 Å². The maximum atomic E-state index is 13.3. The van der Waals surface area contributed by atoms with E-state index in [-0.39, 0.29) is 12.2 Å². The van der Waals surface area contributed by atoms with E-state index < -0.39 is 5.97 Å². The van der Waals surface area contributed by atoms with Gasteiger partial charge in [-0.1, -0.05) is 30.3 Å². The van der Waals surface area contributed by atoms with Gasteiger partial charge in [0.2, 0.25) is 5.95 Å². The van der Waals surface area contributed by atoms with Crippen molar-refractivity contribution in [3.63, 3.8) is 0 Å². The van der Waals surface area contributed by atoms with Crippen LogP contribution >= 0.6 is 0 Å². The number of anilines is 2. The minimum Gasteiger partial charge on any atom is -0.481 e. The summed E-state index contributed by atoms with van der Waals surface area (Å²) in [6.45, 7) is 0. The van der Waals surface area contributed by atoms with Crippen molar-refractivity contribution in [2.75, 3.05) is 5.32 Å². The maximum absolute atomic E-state index is 13.3. The average molecular weight is 405 g/mol. The molecule has 3 aromatic rings. The van der Waals surface area contributed by atoms with Crippen LogP contribution < -0.4 is 5.32 Å². The SMILES string of the molecule is O=C(O)CC1CCC(c2ccc(-c3cnc(Nc4cccc(F)c4)nc3)cc2)CC1. The number of carboxylic acids is 1. The van der Waals surface area contributed by atoms with Gasteiger partial charge in [0.15, 0.2) is 0 Å². The van der Waals surface area contributed by atoms with E-state index in [0.29, 0.717) is 23.5 Å². The molecule has 1 fully saturated rings. The van der Waals surface area contributed by atoms with Crippen LogP contribution in [0.4, 0.5) is 16.0 Å². The Balaban J connectivity index is 1.37. The number of halogens is 1. The minimum absolute atomic E-state index is 0.287. The third-order valence-electron chi connectivity index (χ3n) is 5.76. The quantitative estimate of drug-likeness (QED) is 0.544. The Morgan fingerprint density at radius 2 is 1.70 bits per heavy atom. The van der Waals surface area contributed by atoms with Gasteiger partial charge in [0.05, 0.1) is 0 Å². The number of hydrogen-bond donors (Lipinski definition) is 2. The highest BCUT2D eigenvalue weighted by atomic mass is 19.1. The minimum atomic E-state index is -0.692.